The number of hydrogen-bond acceptors (Lipinski definition) is 6. The van der Waals surface area contributed by atoms with Crippen LogP contribution in [0.1, 0.15) is 25.2 Å². The fraction of sp³-hybridized carbons (Fsp3) is 0.120. The molecule has 0 saturated heterocycles. The molecule has 8 nitrogen and oxygen atoms in total. The van der Waals surface area contributed by atoms with Crippen LogP contribution in [0.4, 0.5) is 0 Å². The molecule has 0 unspecified atom stereocenters. The Morgan fingerprint density at radius 2 is 1.09 bits per heavy atom. The number of nitrogens with zero attached hydrogens (tertiary/aromatic N) is 8. The Hall–Kier alpha value is -3.80. The van der Waals surface area contributed by atoms with Crippen molar-refractivity contribution in [2.75, 3.05) is 0 Å². The van der Waals surface area contributed by atoms with Crippen molar-refractivity contribution >= 4 is 22.1 Å². The normalized spacial score (nSPS) is 11.6. The van der Waals surface area contributed by atoms with E-state index in [-0.39, 0.29) is 20.4 Å². The van der Waals surface area contributed by atoms with Gasteiger partial charge in [0, 0.05) is 41.9 Å². The summed E-state index contributed by atoms with van der Waals surface area (Å²) in [6.45, 7) is 4.16. The average molecular weight is 537 g/mol. The zero-order chi connectivity index (χ0) is 22.4. The summed E-state index contributed by atoms with van der Waals surface area (Å²) in [7, 11) is 0. The predicted octanol–water partition coefficient (Wildman–Crippen LogP) is 3.87. The molecule has 0 atom stereocenters. The summed E-state index contributed by atoms with van der Waals surface area (Å²) in [5.41, 5.74) is 4.62. The minimum Gasteiger partial charge on any atom is -0.396 e. The summed E-state index contributed by atoms with van der Waals surface area (Å²) >= 11 is 0. The van der Waals surface area contributed by atoms with Gasteiger partial charge in [-0.05, 0) is 48.0 Å². The molecule has 0 bridgehead atoms. The first-order valence-electron chi connectivity index (χ1n) is 10.5. The summed E-state index contributed by atoms with van der Waals surface area (Å²) in [6, 6.07) is 19.5. The molecular formula is C25H18N8Pd. The van der Waals surface area contributed by atoms with Crippen LogP contribution < -0.4 is 0 Å². The quantitative estimate of drug-likeness (QED) is 0.251. The molecule has 0 aliphatic rings. The smallest absolute Gasteiger partial charge is 0.396 e. The molecule has 6 aromatic rings. The molecule has 6 rings (SSSR count). The van der Waals surface area contributed by atoms with Gasteiger partial charge >= 0.3 is 20.4 Å². The van der Waals surface area contributed by atoms with Crippen molar-refractivity contribution in [3.05, 3.63) is 97.1 Å². The first-order chi connectivity index (χ1) is 16.1. The summed E-state index contributed by atoms with van der Waals surface area (Å²) < 4.78 is 3.54. The van der Waals surface area contributed by atoms with E-state index in [0.717, 1.165) is 33.5 Å². The maximum Gasteiger partial charge on any atom is 2.00 e. The van der Waals surface area contributed by atoms with Gasteiger partial charge in [0.25, 0.3) is 0 Å². The third-order valence-electron chi connectivity index (χ3n) is 5.75. The zero-order valence-corrected chi connectivity index (χ0v) is 19.9. The van der Waals surface area contributed by atoms with Gasteiger partial charge in [-0.1, -0.05) is 48.5 Å². The molecule has 0 radical (unpaired) electrons. The van der Waals surface area contributed by atoms with Crippen LogP contribution in [-0.2, 0) is 25.8 Å². The van der Waals surface area contributed by atoms with Gasteiger partial charge in [0.05, 0.1) is 0 Å². The second-order valence-corrected chi connectivity index (χ2v) is 8.18. The van der Waals surface area contributed by atoms with Crippen molar-refractivity contribution in [1.29, 1.82) is 0 Å². The molecule has 0 amide bonds. The Morgan fingerprint density at radius 3 is 1.56 bits per heavy atom. The number of para-hydroxylation sites is 4. The van der Waals surface area contributed by atoms with Gasteiger partial charge in [-0.2, -0.15) is 0 Å². The topological polar surface area (TPSA) is 87.2 Å². The van der Waals surface area contributed by atoms with E-state index in [2.05, 4.69) is 46.4 Å². The maximum atomic E-state index is 4.85. The Morgan fingerprint density at radius 1 is 0.647 bits per heavy atom. The number of benzene rings is 2. The third kappa shape index (κ3) is 3.59. The van der Waals surface area contributed by atoms with E-state index in [0.29, 0.717) is 11.9 Å². The molecule has 4 aromatic heterocycles. The van der Waals surface area contributed by atoms with Crippen LogP contribution in [0, 0.1) is 12.7 Å². The standard InChI is InChI=1S/C25H18N8.Pd/c1-25(2,21-11-13-26-23(30-21)32-15-28-17-7-3-5-9-19(17)32)22-12-14-27-24(31-22)33-16-29-18-8-4-6-10-20(18)33;/h3-14H,1-2H3;/q-2;+2. The van der Waals surface area contributed by atoms with E-state index in [9.17, 15) is 0 Å². The second kappa shape index (κ2) is 8.52. The van der Waals surface area contributed by atoms with Crippen molar-refractivity contribution in [1.82, 2.24) is 39.0 Å². The first-order valence-corrected chi connectivity index (χ1v) is 10.5. The fourth-order valence-electron chi connectivity index (χ4n) is 3.86. The molecule has 4 heterocycles. The van der Waals surface area contributed by atoms with Gasteiger partial charge < -0.3 is 19.1 Å². The van der Waals surface area contributed by atoms with E-state index in [1.807, 2.05) is 60.7 Å². The number of rotatable bonds is 4. The minimum absolute atomic E-state index is 0. The summed E-state index contributed by atoms with van der Waals surface area (Å²) in [5, 5.41) is 0. The fourth-order valence-corrected chi connectivity index (χ4v) is 3.86. The molecule has 2 aromatic carbocycles. The van der Waals surface area contributed by atoms with Crippen molar-refractivity contribution in [3.63, 3.8) is 0 Å². The molecule has 0 fully saturated rings. The van der Waals surface area contributed by atoms with E-state index in [4.69, 9.17) is 9.97 Å². The number of aromatic nitrogens is 8. The van der Waals surface area contributed by atoms with Crippen molar-refractivity contribution in [2.45, 2.75) is 19.3 Å². The maximum absolute atomic E-state index is 4.85. The van der Waals surface area contributed by atoms with E-state index < -0.39 is 5.41 Å². The van der Waals surface area contributed by atoms with Gasteiger partial charge in [0.15, 0.2) is 0 Å². The van der Waals surface area contributed by atoms with Crippen molar-refractivity contribution < 1.29 is 20.4 Å². The SMILES string of the molecule is CC(C)(c1ccnc(-n2[c-]nc3ccccc32)n1)c1ccnc(-n2[c-]nc3ccccc32)n1.[Pd+2]. The molecule has 0 aliphatic carbocycles. The molecule has 0 spiro atoms. The van der Waals surface area contributed by atoms with Crippen LogP contribution in [0.15, 0.2) is 73.1 Å². The van der Waals surface area contributed by atoms with Crippen LogP contribution in [0.5, 0.6) is 0 Å². The Bertz CT molecular complexity index is 1500. The molecule has 0 aliphatic heterocycles. The van der Waals surface area contributed by atoms with Crippen LogP contribution in [-0.4, -0.2) is 39.0 Å². The summed E-state index contributed by atoms with van der Waals surface area (Å²) in [5.74, 6) is 1.02. The monoisotopic (exact) mass is 536 g/mol. The Kier molecular flexibility index (Phi) is 5.52. The van der Waals surface area contributed by atoms with Crippen LogP contribution in [0.2, 0.25) is 0 Å². The third-order valence-corrected chi connectivity index (χ3v) is 5.75. The van der Waals surface area contributed by atoms with Crippen LogP contribution >= 0.6 is 0 Å². The van der Waals surface area contributed by atoms with Crippen molar-refractivity contribution in [2.24, 2.45) is 0 Å². The van der Waals surface area contributed by atoms with Crippen molar-refractivity contribution in [3.8, 4) is 11.9 Å². The Balaban J connectivity index is 0.00000241. The molecule has 168 valence electrons. The van der Waals surface area contributed by atoms with E-state index >= 15 is 0 Å². The summed E-state index contributed by atoms with van der Waals surface area (Å²) in [6.07, 6.45) is 9.49. The average Bonchev–Trinajstić information content (AvgIpc) is 3.49. The number of hydrogen-bond donors (Lipinski definition) is 0. The molecule has 0 N–H and O–H groups in total. The minimum atomic E-state index is -0.512. The van der Waals surface area contributed by atoms with Gasteiger partial charge in [0.1, 0.15) is 11.9 Å². The summed E-state index contributed by atoms with van der Waals surface area (Å²) in [4.78, 5) is 27.3. The molecular weight excluding hydrogens is 519 g/mol. The number of fused-ring (bicyclic) bond motifs is 2. The second-order valence-electron chi connectivity index (χ2n) is 8.18. The molecule has 34 heavy (non-hydrogen) atoms. The van der Waals surface area contributed by atoms with E-state index in [1.165, 1.54) is 0 Å². The predicted molar refractivity (Wildman–Crippen MR) is 123 cm³/mol. The molecule has 9 heteroatoms. The number of imidazole rings is 2. The molecule has 0 saturated carbocycles. The van der Waals surface area contributed by atoms with Gasteiger partial charge in [-0.15, -0.1) is 0 Å². The first kappa shape index (κ1) is 22.0. The van der Waals surface area contributed by atoms with Gasteiger partial charge in [-0.25, -0.2) is 0 Å². The van der Waals surface area contributed by atoms with Gasteiger partial charge in [0.2, 0.25) is 0 Å². The zero-order valence-electron chi connectivity index (χ0n) is 18.3. The Labute approximate surface area is 209 Å². The largest absolute Gasteiger partial charge is 2.00 e. The van der Waals surface area contributed by atoms with E-state index in [1.54, 1.807) is 21.5 Å². The van der Waals surface area contributed by atoms with Crippen LogP contribution in [0.3, 0.4) is 0 Å². The van der Waals surface area contributed by atoms with Crippen LogP contribution in [0.25, 0.3) is 34.0 Å². The van der Waals surface area contributed by atoms with Gasteiger partial charge in [-0.3, -0.25) is 19.9 Å².